The van der Waals surface area contributed by atoms with E-state index in [9.17, 15) is 14.7 Å². The molecule has 40 heavy (non-hydrogen) atoms. The highest BCUT2D eigenvalue weighted by Gasteiger charge is 2.24. The van der Waals surface area contributed by atoms with Crippen LogP contribution in [0.2, 0.25) is 5.02 Å². The van der Waals surface area contributed by atoms with Gasteiger partial charge in [-0.1, -0.05) is 72.3 Å². The van der Waals surface area contributed by atoms with Gasteiger partial charge in [-0.25, -0.2) is 0 Å². The third-order valence-corrected chi connectivity index (χ3v) is 7.30. The van der Waals surface area contributed by atoms with E-state index < -0.39 is 12.0 Å². The average molecular weight is 555 g/mol. The molecule has 1 heterocycles. The summed E-state index contributed by atoms with van der Waals surface area (Å²) in [4.78, 5) is 27.5. The van der Waals surface area contributed by atoms with E-state index in [0.29, 0.717) is 21.9 Å². The molecule has 204 valence electrons. The van der Waals surface area contributed by atoms with Gasteiger partial charge in [-0.3, -0.25) is 9.59 Å². The van der Waals surface area contributed by atoms with E-state index in [1.807, 2.05) is 84.9 Å². The lowest BCUT2D eigenvalue weighted by atomic mass is 9.98. The number of halogens is 1. The van der Waals surface area contributed by atoms with E-state index >= 15 is 0 Å². The fourth-order valence-electron chi connectivity index (χ4n) is 5.07. The number of nitrogens with one attached hydrogen (secondary N) is 1. The van der Waals surface area contributed by atoms with E-state index in [-0.39, 0.29) is 12.3 Å². The first-order valence-electron chi connectivity index (χ1n) is 13.5. The Morgan fingerprint density at radius 1 is 0.875 bits per heavy atom. The van der Waals surface area contributed by atoms with Crippen molar-refractivity contribution < 1.29 is 19.4 Å². The molecule has 1 fully saturated rings. The first kappa shape index (κ1) is 27.3. The van der Waals surface area contributed by atoms with Crippen molar-refractivity contribution >= 4 is 29.2 Å². The molecule has 0 aromatic heterocycles. The zero-order valence-electron chi connectivity index (χ0n) is 22.1. The van der Waals surface area contributed by atoms with Gasteiger partial charge in [0.1, 0.15) is 11.5 Å². The number of amides is 1. The number of carbonyl (C=O) groups excluding carboxylic acids is 1. The van der Waals surface area contributed by atoms with E-state index in [1.54, 1.807) is 12.1 Å². The number of hydrogen-bond acceptors (Lipinski definition) is 4. The van der Waals surface area contributed by atoms with Crippen LogP contribution in [0, 0.1) is 0 Å². The Kier molecular flexibility index (Phi) is 8.67. The monoisotopic (exact) mass is 554 g/mol. The molecular formula is C33H31ClN2O4. The summed E-state index contributed by atoms with van der Waals surface area (Å²) < 4.78 is 6.12. The number of piperidine rings is 1. The molecular weight excluding hydrogens is 524 g/mol. The normalized spacial score (nSPS) is 13.9. The molecule has 7 heteroatoms. The van der Waals surface area contributed by atoms with Gasteiger partial charge in [-0.05, 0) is 66.8 Å². The van der Waals surface area contributed by atoms with Crippen LogP contribution in [0.1, 0.15) is 47.6 Å². The van der Waals surface area contributed by atoms with Gasteiger partial charge < -0.3 is 20.1 Å². The molecule has 0 radical (unpaired) electrons. The van der Waals surface area contributed by atoms with Crippen LogP contribution in [0.25, 0.3) is 11.1 Å². The van der Waals surface area contributed by atoms with Crippen molar-refractivity contribution in [2.24, 2.45) is 0 Å². The summed E-state index contributed by atoms with van der Waals surface area (Å²) in [6.45, 7) is 1.74. The zero-order chi connectivity index (χ0) is 27.9. The molecule has 1 amide bonds. The van der Waals surface area contributed by atoms with Crippen LogP contribution in [0.15, 0.2) is 97.1 Å². The summed E-state index contributed by atoms with van der Waals surface area (Å²) in [5.74, 6) is 0.0992. The number of carboxylic acid groups (broad SMARTS) is 1. The van der Waals surface area contributed by atoms with Crippen molar-refractivity contribution in [1.82, 2.24) is 5.32 Å². The molecule has 1 aliphatic rings. The van der Waals surface area contributed by atoms with Crippen LogP contribution in [-0.4, -0.2) is 30.1 Å². The summed E-state index contributed by atoms with van der Waals surface area (Å²) in [7, 11) is 0. The van der Waals surface area contributed by atoms with Gasteiger partial charge in [0.2, 0.25) is 0 Å². The molecule has 4 aromatic carbocycles. The lowest BCUT2D eigenvalue weighted by Crippen LogP contribution is -2.34. The molecule has 0 aliphatic carbocycles. The highest BCUT2D eigenvalue weighted by molar-refractivity contribution is 6.31. The van der Waals surface area contributed by atoms with Gasteiger partial charge in [0.05, 0.1) is 18.0 Å². The van der Waals surface area contributed by atoms with Gasteiger partial charge in [0.15, 0.2) is 0 Å². The fraction of sp³-hybridized carbons (Fsp3) is 0.212. The molecule has 0 saturated carbocycles. The van der Waals surface area contributed by atoms with Crippen molar-refractivity contribution in [2.45, 2.75) is 31.7 Å². The van der Waals surface area contributed by atoms with Gasteiger partial charge in [-0.2, -0.15) is 0 Å². The number of carboxylic acids is 1. The molecule has 1 atom stereocenters. The minimum absolute atomic E-state index is 0.252. The van der Waals surface area contributed by atoms with Gasteiger partial charge in [-0.15, -0.1) is 0 Å². The van der Waals surface area contributed by atoms with Crippen LogP contribution in [0.4, 0.5) is 5.69 Å². The van der Waals surface area contributed by atoms with Crippen molar-refractivity contribution in [3.8, 4) is 22.6 Å². The number of rotatable bonds is 9. The molecule has 5 rings (SSSR count). The minimum atomic E-state index is -1.00. The van der Waals surface area contributed by atoms with E-state index in [1.165, 1.54) is 6.42 Å². The quantitative estimate of drug-likeness (QED) is 0.221. The third kappa shape index (κ3) is 6.64. The van der Waals surface area contributed by atoms with Crippen LogP contribution in [0.5, 0.6) is 11.5 Å². The SMILES string of the molecule is O=C(O)CC(NC(=O)c1cc(Cl)ccc1N1CCCCC1)c1ccc(-c2ccccc2Oc2ccccc2)cc1. The smallest absolute Gasteiger partial charge is 0.305 e. The Balaban J connectivity index is 1.39. The summed E-state index contributed by atoms with van der Waals surface area (Å²) in [6.07, 6.45) is 3.05. The predicted octanol–water partition coefficient (Wildman–Crippen LogP) is 7.74. The van der Waals surface area contributed by atoms with Crippen molar-refractivity contribution in [2.75, 3.05) is 18.0 Å². The second kappa shape index (κ2) is 12.7. The van der Waals surface area contributed by atoms with Crippen molar-refractivity contribution in [3.63, 3.8) is 0 Å². The first-order chi connectivity index (χ1) is 19.5. The summed E-state index contributed by atoms with van der Waals surface area (Å²) in [6, 6.07) is 29.5. The Hall–Kier alpha value is -4.29. The maximum atomic E-state index is 13.5. The molecule has 1 unspecified atom stereocenters. The fourth-order valence-corrected chi connectivity index (χ4v) is 5.24. The lowest BCUT2D eigenvalue weighted by Gasteiger charge is -2.30. The van der Waals surface area contributed by atoms with Crippen LogP contribution in [0.3, 0.4) is 0 Å². The van der Waals surface area contributed by atoms with Crippen LogP contribution in [-0.2, 0) is 4.79 Å². The molecule has 0 spiro atoms. The molecule has 0 bridgehead atoms. The molecule has 4 aromatic rings. The third-order valence-electron chi connectivity index (χ3n) is 7.07. The molecule has 1 aliphatic heterocycles. The maximum absolute atomic E-state index is 13.5. The Morgan fingerprint density at radius 2 is 1.57 bits per heavy atom. The highest BCUT2D eigenvalue weighted by Crippen LogP contribution is 2.34. The summed E-state index contributed by atoms with van der Waals surface area (Å²) in [5, 5.41) is 13.1. The summed E-state index contributed by atoms with van der Waals surface area (Å²) >= 11 is 6.27. The predicted molar refractivity (Wildman–Crippen MR) is 158 cm³/mol. The number of hydrogen-bond donors (Lipinski definition) is 2. The average Bonchev–Trinajstić information content (AvgIpc) is 2.98. The Labute approximate surface area is 239 Å². The Bertz CT molecular complexity index is 1470. The standard InChI is InChI=1S/C33H31ClN2O4/c34-25-17-18-30(36-19-7-2-8-20-36)28(21-25)33(39)35-29(22-32(37)38)24-15-13-23(14-16-24)27-11-5-6-12-31(27)40-26-9-3-1-4-10-26/h1,3-6,9-18,21,29H,2,7-8,19-20,22H2,(H,35,39)(H,37,38). The number of nitrogens with zero attached hydrogens (tertiary/aromatic N) is 1. The second-order valence-corrected chi connectivity index (χ2v) is 10.3. The van der Waals surface area contributed by atoms with E-state index in [0.717, 1.165) is 48.5 Å². The second-order valence-electron chi connectivity index (χ2n) is 9.87. The molecule has 2 N–H and O–H groups in total. The van der Waals surface area contributed by atoms with E-state index in [4.69, 9.17) is 16.3 Å². The number of benzene rings is 4. The topological polar surface area (TPSA) is 78.9 Å². The van der Waals surface area contributed by atoms with Crippen molar-refractivity contribution in [1.29, 1.82) is 0 Å². The van der Waals surface area contributed by atoms with Gasteiger partial charge in [0.25, 0.3) is 5.91 Å². The van der Waals surface area contributed by atoms with Crippen molar-refractivity contribution in [3.05, 3.63) is 113 Å². The first-order valence-corrected chi connectivity index (χ1v) is 13.8. The minimum Gasteiger partial charge on any atom is -0.481 e. The molecule has 6 nitrogen and oxygen atoms in total. The Morgan fingerprint density at radius 3 is 2.30 bits per heavy atom. The van der Waals surface area contributed by atoms with Gasteiger partial charge >= 0.3 is 5.97 Å². The number of aliphatic carboxylic acids is 1. The van der Waals surface area contributed by atoms with Crippen LogP contribution < -0.4 is 15.0 Å². The molecule has 1 saturated heterocycles. The number of carbonyl (C=O) groups is 2. The lowest BCUT2D eigenvalue weighted by molar-refractivity contribution is -0.137. The highest BCUT2D eigenvalue weighted by atomic mass is 35.5. The maximum Gasteiger partial charge on any atom is 0.305 e. The largest absolute Gasteiger partial charge is 0.481 e. The van der Waals surface area contributed by atoms with Gasteiger partial charge in [0, 0.05) is 29.4 Å². The van der Waals surface area contributed by atoms with Crippen LogP contribution >= 0.6 is 11.6 Å². The zero-order valence-corrected chi connectivity index (χ0v) is 22.8. The summed E-state index contributed by atoms with van der Waals surface area (Å²) in [5.41, 5.74) is 3.79. The number of anilines is 1. The van der Waals surface area contributed by atoms with E-state index in [2.05, 4.69) is 10.2 Å². The number of ether oxygens (including phenoxy) is 1. The number of para-hydroxylation sites is 2.